The van der Waals surface area contributed by atoms with Gasteiger partial charge < -0.3 is 15.5 Å². The first-order chi connectivity index (χ1) is 14.2. The quantitative estimate of drug-likeness (QED) is 0.595. The molecular weight excluding hydrogens is 358 g/mol. The van der Waals surface area contributed by atoms with Crippen LogP contribution >= 0.6 is 0 Å². The molecule has 1 aliphatic heterocycles. The lowest BCUT2D eigenvalue weighted by molar-refractivity contribution is 0.438. The van der Waals surface area contributed by atoms with E-state index in [1.165, 1.54) is 29.7 Å². The first-order valence-corrected chi connectivity index (χ1v) is 10.4. The average Bonchev–Trinajstić information content (AvgIpc) is 2.75. The van der Waals surface area contributed by atoms with Crippen molar-refractivity contribution < 1.29 is 0 Å². The Hall–Kier alpha value is -3.08. The Morgan fingerprint density at radius 3 is 2.41 bits per heavy atom. The summed E-state index contributed by atoms with van der Waals surface area (Å²) in [6, 6.07) is 19.0. The molecule has 29 heavy (non-hydrogen) atoms. The van der Waals surface area contributed by atoms with Crippen molar-refractivity contribution in [3.8, 4) is 0 Å². The first kappa shape index (κ1) is 19.2. The molecule has 4 rings (SSSR count). The fourth-order valence-electron chi connectivity index (χ4n) is 3.57. The highest BCUT2D eigenvalue weighted by atomic mass is 15.1. The molecule has 2 aromatic carbocycles. The third kappa shape index (κ3) is 5.25. The summed E-state index contributed by atoms with van der Waals surface area (Å²) in [5.74, 6) is 2.25. The zero-order chi connectivity index (χ0) is 20.1. The van der Waals surface area contributed by atoms with Gasteiger partial charge in [0.25, 0.3) is 0 Å². The molecule has 2 N–H and O–H groups in total. The molecule has 1 aromatic heterocycles. The molecular formula is C24H29N5. The van der Waals surface area contributed by atoms with E-state index < -0.39 is 0 Å². The molecule has 2 heterocycles. The van der Waals surface area contributed by atoms with Crippen LogP contribution in [0.15, 0.2) is 60.8 Å². The Morgan fingerprint density at radius 1 is 0.966 bits per heavy atom. The average molecular weight is 388 g/mol. The predicted molar refractivity (Wildman–Crippen MR) is 121 cm³/mol. The van der Waals surface area contributed by atoms with Gasteiger partial charge >= 0.3 is 0 Å². The highest BCUT2D eigenvalue weighted by Crippen LogP contribution is 2.25. The second-order valence-corrected chi connectivity index (χ2v) is 7.95. The van der Waals surface area contributed by atoms with Crippen LogP contribution in [-0.2, 0) is 6.54 Å². The van der Waals surface area contributed by atoms with Gasteiger partial charge in [-0.1, -0.05) is 36.8 Å². The zero-order valence-electron chi connectivity index (χ0n) is 17.2. The summed E-state index contributed by atoms with van der Waals surface area (Å²) in [5, 5.41) is 6.67. The lowest BCUT2D eigenvalue weighted by Crippen LogP contribution is -2.32. The van der Waals surface area contributed by atoms with Crippen LogP contribution in [0.4, 0.5) is 23.1 Å². The Morgan fingerprint density at radius 2 is 1.69 bits per heavy atom. The van der Waals surface area contributed by atoms with Crippen LogP contribution in [0, 0.1) is 12.8 Å². The normalized spacial score (nSPS) is 14.6. The van der Waals surface area contributed by atoms with Gasteiger partial charge in [-0.15, -0.1) is 0 Å². The maximum absolute atomic E-state index is 4.58. The van der Waals surface area contributed by atoms with Crippen molar-refractivity contribution in [3.63, 3.8) is 0 Å². The Bertz CT molecular complexity index is 913. The number of hydrogen-bond acceptors (Lipinski definition) is 5. The molecule has 0 bridgehead atoms. The third-order valence-corrected chi connectivity index (χ3v) is 5.52. The number of anilines is 4. The summed E-state index contributed by atoms with van der Waals surface area (Å²) in [4.78, 5) is 11.4. The maximum Gasteiger partial charge on any atom is 0.224 e. The molecule has 3 aromatic rings. The molecule has 5 nitrogen and oxygen atoms in total. The predicted octanol–water partition coefficient (Wildman–Crippen LogP) is 5.38. The summed E-state index contributed by atoms with van der Waals surface area (Å²) in [6.07, 6.45) is 4.33. The third-order valence-electron chi connectivity index (χ3n) is 5.52. The molecule has 1 saturated heterocycles. The van der Waals surface area contributed by atoms with E-state index in [0.717, 1.165) is 30.5 Å². The topological polar surface area (TPSA) is 53.1 Å². The van der Waals surface area contributed by atoms with Gasteiger partial charge in [0.05, 0.1) is 0 Å². The van der Waals surface area contributed by atoms with E-state index in [1.54, 1.807) is 6.20 Å². The SMILES string of the molecule is Cc1ccc(CNc2nccc(Nc3ccc(N4CCC(C)CC4)cc3)n2)cc1. The molecule has 0 aliphatic carbocycles. The van der Waals surface area contributed by atoms with Crippen LogP contribution in [0.2, 0.25) is 0 Å². The number of piperidine rings is 1. The molecule has 0 radical (unpaired) electrons. The summed E-state index contributed by atoms with van der Waals surface area (Å²) in [5.41, 5.74) is 4.80. The minimum absolute atomic E-state index is 0.620. The number of aromatic nitrogens is 2. The largest absolute Gasteiger partial charge is 0.372 e. The van der Waals surface area contributed by atoms with E-state index in [9.17, 15) is 0 Å². The summed E-state index contributed by atoms with van der Waals surface area (Å²) >= 11 is 0. The number of rotatable bonds is 6. The van der Waals surface area contributed by atoms with Gasteiger partial charge in [-0.25, -0.2) is 4.98 Å². The molecule has 1 fully saturated rings. The molecule has 0 saturated carbocycles. The lowest BCUT2D eigenvalue weighted by atomic mass is 9.99. The Kier molecular flexibility index (Phi) is 5.94. The molecule has 0 amide bonds. The van der Waals surface area contributed by atoms with Gasteiger partial charge in [0.15, 0.2) is 0 Å². The van der Waals surface area contributed by atoms with E-state index >= 15 is 0 Å². The van der Waals surface area contributed by atoms with Crippen molar-refractivity contribution in [2.45, 2.75) is 33.2 Å². The van der Waals surface area contributed by atoms with E-state index in [0.29, 0.717) is 12.5 Å². The van der Waals surface area contributed by atoms with Gasteiger partial charge in [0, 0.05) is 37.2 Å². The lowest BCUT2D eigenvalue weighted by Gasteiger charge is -2.32. The van der Waals surface area contributed by atoms with Crippen LogP contribution in [0.25, 0.3) is 0 Å². The van der Waals surface area contributed by atoms with Crippen LogP contribution in [-0.4, -0.2) is 23.1 Å². The molecule has 1 aliphatic rings. The highest BCUT2D eigenvalue weighted by Gasteiger charge is 2.15. The van der Waals surface area contributed by atoms with Crippen LogP contribution in [0.1, 0.15) is 30.9 Å². The van der Waals surface area contributed by atoms with E-state index in [2.05, 4.69) is 87.9 Å². The standard InChI is InChI=1S/C24H29N5/c1-18-3-5-20(6-4-18)17-26-24-25-14-11-23(28-24)27-21-7-9-22(10-8-21)29-15-12-19(2)13-16-29/h3-11,14,19H,12-13,15-17H2,1-2H3,(H2,25,26,27,28). The van der Waals surface area contributed by atoms with Crippen molar-refractivity contribution in [1.82, 2.24) is 9.97 Å². The van der Waals surface area contributed by atoms with Gasteiger partial charge in [-0.05, 0) is 61.6 Å². The van der Waals surface area contributed by atoms with E-state index in [1.807, 2.05) is 6.07 Å². The molecule has 150 valence electrons. The second-order valence-electron chi connectivity index (χ2n) is 7.95. The number of nitrogens with zero attached hydrogens (tertiary/aromatic N) is 3. The molecule has 0 spiro atoms. The fourth-order valence-corrected chi connectivity index (χ4v) is 3.57. The van der Waals surface area contributed by atoms with Crippen LogP contribution < -0.4 is 15.5 Å². The van der Waals surface area contributed by atoms with Crippen molar-refractivity contribution in [2.24, 2.45) is 5.92 Å². The van der Waals surface area contributed by atoms with Crippen molar-refractivity contribution in [1.29, 1.82) is 0 Å². The second kappa shape index (κ2) is 8.95. The van der Waals surface area contributed by atoms with E-state index in [4.69, 9.17) is 0 Å². The monoisotopic (exact) mass is 387 g/mol. The first-order valence-electron chi connectivity index (χ1n) is 10.4. The molecule has 5 heteroatoms. The minimum Gasteiger partial charge on any atom is -0.372 e. The number of benzene rings is 2. The molecule has 0 atom stereocenters. The van der Waals surface area contributed by atoms with Crippen LogP contribution in [0.3, 0.4) is 0 Å². The Balaban J connectivity index is 1.35. The number of nitrogens with one attached hydrogen (secondary N) is 2. The van der Waals surface area contributed by atoms with Gasteiger partial charge in [-0.3, -0.25) is 0 Å². The van der Waals surface area contributed by atoms with Crippen molar-refractivity contribution in [3.05, 3.63) is 71.9 Å². The van der Waals surface area contributed by atoms with Crippen LogP contribution in [0.5, 0.6) is 0 Å². The smallest absolute Gasteiger partial charge is 0.224 e. The van der Waals surface area contributed by atoms with Crippen molar-refractivity contribution >= 4 is 23.1 Å². The van der Waals surface area contributed by atoms with Crippen molar-refractivity contribution in [2.75, 3.05) is 28.6 Å². The fraction of sp³-hybridized carbons (Fsp3) is 0.333. The van der Waals surface area contributed by atoms with Gasteiger partial charge in [0.1, 0.15) is 5.82 Å². The van der Waals surface area contributed by atoms with Gasteiger partial charge in [-0.2, -0.15) is 4.98 Å². The summed E-state index contributed by atoms with van der Waals surface area (Å²) in [6.45, 7) is 7.43. The number of aryl methyl sites for hydroxylation is 1. The van der Waals surface area contributed by atoms with Gasteiger partial charge in [0.2, 0.25) is 5.95 Å². The highest BCUT2D eigenvalue weighted by molar-refractivity contribution is 5.61. The summed E-state index contributed by atoms with van der Waals surface area (Å²) in [7, 11) is 0. The molecule has 0 unspecified atom stereocenters. The minimum atomic E-state index is 0.620. The zero-order valence-corrected chi connectivity index (χ0v) is 17.2. The summed E-state index contributed by atoms with van der Waals surface area (Å²) < 4.78 is 0. The van der Waals surface area contributed by atoms with E-state index in [-0.39, 0.29) is 0 Å². The Labute approximate surface area is 173 Å². The number of hydrogen-bond donors (Lipinski definition) is 2. The maximum atomic E-state index is 4.58.